The molecule has 0 amide bonds. The van der Waals surface area contributed by atoms with Gasteiger partial charge in [0.15, 0.2) is 0 Å². The molecule has 5 heteroatoms. The summed E-state index contributed by atoms with van der Waals surface area (Å²) < 4.78 is 1.06. The molecular formula is C16H16BrCl2NS. The molecule has 0 saturated heterocycles. The van der Waals surface area contributed by atoms with Crippen LogP contribution in [0.1, 0.15) is 19.4 Å². The first-order valence-electron chi connectivity index (χ1n) is 6.60. The lowest BCUT2D eigenvalue weighted by molar-refractivity contribution is 0.588. The highest BCUT2D eigenvalue weighted by atomic mass is 79.9. The molecule has 0 bridgehead atoms. The van der Waals surface area contributed by atoms with Crippen LogP contribution in [0.2, 0.25) is 10.0 Å². The molecule has 1 nitrogen and oxygen atoms in total. The molecule has 2 aromatic rings. The molecule has 0 aromatic heterocycles. The Kier molecular flexibility index (Phi) is 6.45. The number of halogens is 3. The summed E-state index contributed by atoms with van der Waals surface area (Å²) in [7, 11) is 0. The summed E-state index contributed by atoms with van der Waals surface area (Å²) >= 11 is 17.5. The minimum atomic E-state index is 0.475. The highest BCUT2D eigenvalue weighted by Crippen LogP contribution is 2.38. The van der Waals surface area contributed by atoms with Crippen molar-refractivity contribution in [1.29, 1.82) is 0 Å². The van der Waals surface area contributed by atoms with Gasteiger partial charge in [-0.05, 0) is 51.8 Å². The van der Waals surface area contributed by atoms with E-state index in [2.05, 4.69) is 53.3 Å². The van der Waals surface area contributed by atoms with E-state index in [0.29, 0.717) is 16.1 Å². The number of nitrogens with one attached hydrogen (secondary N) is 1. The molecule has 0 aliphatic carbocycles. The van der Waals surface area contributed by atoms with E-state index in [1.54, 1.807) is 17.8 Å². The molecule has 112 valence electrons. The Morgan fingerprint density at radius 1 is 1.10 bits per heavy atom. The standard InChI is InChI=1S/C16H16BrCl2NS/c1-10(2)20-9-11-3-6-15(13(17)7-11)21-16-8-12(18)4-5-14(16)19/h3-8,10,20H,9H2,1-2H3. The van der Waals surface area contributed by atoms with Crippen LogP contribution in [-0.2, 0) is 6.54 Å². The van der Waals surface area contributed by atoms with Gasteiger partial charge >= 0.3 is 0 Å². The molecule has 0 heterocycles. The first-order valence-corrected chi connectivity index (χ1v) is 8.97. The fraction of sp³-hybridized carbons (Fsp3) is 0.250. The normalized spacial score (nSPS) is 11.1. The van der Waals surface area contributed by atoms with Crippen LogP contribution in [0.15, 0.2) is 50.7 Å². The second-order valence-electron chi connectivity index (χ2n) is 4.98. The molecule has 2 aromatic carbocycles. The molecule has 21 heavy (non-hydrogen) atoms. The zero-order valence-corrected chi connectivity index (χ0v) is 15.7. The molecule has 0 atom stereocenters. The molecular weight excluding hydrogens is 389 g/mol. The molecule has 0 aliphatic heterocycles. The fourth-order valence-corrected chi connectivity index (χ4v) is 3.75. The van der Waals surface area contributed by atoms with E-state index in [9.17, 15) is 0 Å². The molecule has 0 saturated carbocycles. The van der Waals surface area contributed by atoms with Gasteiger partial charge in [0.2, 0.25) is 0 Å². The van der Waals surface area contributed by atoms with Gasteiger partial charge < -0.3 is 5.32 Å². The van der Waals surface area contributed by atoms with Crippen LogP contribution >= 0.6 is 50.9 Å². The lowest BCUT2D eigenvalue weighted by atomic mass is 10.2. The van der Waals surface area contributed by atoms with Crippen molar-refractivity contribution in [3.05, 3.63) is 56.5 Å². The Hall–Kier alpha value is -0.190. The first-order chi connectivity index (χ1) is 9.95. The minimum absolute atomic E-state index is 0.475. The second kappa shape index (κ2) is 7.89. The van der Waals surface area contributed by atoms with Crippen molar-refractivity contribution in [2.24, 2.45) is 0 Å². The first kappa shape index (κ1) is 17.2. The van der Waals surface area contributed by atoms with E-state index < -0.39 is 0 Å². The second-order valence-corrected chi connectivity index (χ2v) is 7.76. The van der Waals surface area contributed by atoms with E-state index in [1.165, 1.54) is 5.56 Å². The van der Waals surface area contributed by atoms with Gasteiger partial charge in [0, 0.05) is 31.9 Å². The van der Waals surface area contributed by atoms with Crippen molar-refractivity contribution in [2.45, 2.75) is 36.2 Å². The van der Waals surface area contributed by atoms with Crippen molar-refractivity contribution in [1.82, 2.24) is 5.32 Å². The predicted molar refractivity (Wildman–Crippen MR) is 96.7 cm³/mol. The average molecular weight is 405 g/mol. The number of hydrogen-bond acceptors (Lipinski definition) is 2. The summed E-state index contributed by atoms with van der Waals surface area (Å²) in [5, 5.41) is 4.81. The number of rotatable bonds is 5. The van der Waals surface area contributed by atoms with Gasteiger partial charge in [-0.1, -0.05) is 54.9 Å². The van der Waals surface area contributed by atoms with Crippen LogP contribution in [-0.4, -0.2) is 6.04 Å². The molecule has 0 radical (unpaired) electrons. The summed E-state index contributed by atoms with van der Waals surface area (Å²) in [6, 6.07) is 12.3. The highest BCUT2D eigenvalue weighted by Gasteiger charge is 2.08. The molecule has 0 aliphatic rings. The zero-order chi connectivity index (χ0) is 15.4. The Balaban J connectivity index is 2.15. The Labute approximate surface area is 148 Å². The van der Waals surface area contributed by atoms with Crippen LogP contribution in [0.5, 0.6) is 0 Å². The maximum absolute atomic E-state index is 6.21. The van der Waals surface area contributed by atoms with E-state index >= 15 is 0 Å². The van der Waals surface area contributed by atoms with Crippen LogP contribution < -0.4 is 5.32 Å². The third kappa shape index (κ3) is 5.19. The van der Waals surface area contributed by atoms with Gasteiger partial charge in [-0.25, -0.2) is 0 Å². The third-order valence-electron chi connectivity index (χ3n) is 2.82. The summed E-state index contributed by atoms with van der Waals surface area (Å²) in [5.41, 5.74) is 1.25. The van der Waals surface area contributed by atoms with E-state index in [1.807, 2.05) is 12.1 Å². The Morgan fingerprint density at radius 3 is 2.52 bits per heavy atom. The van der Waals surface area contributed by atoms with Crippen molar-refractivity contribution < 1.29 is 0 Å². The SMILES string of the molecule is CC(C)NCc1ccc(Sc2cc(Cl)ccc2Cl)c(Br)c1. The molecule has 0 unspecified atom stereocenters. The van der Waals surface area contributed by atoms with Gasteiger partial charge in [0.25, 0.3) is 0 Å². The van der Waals surface area contributed by atoms with E-state index in [4.69, 9.17) is 23.2 Å². The zero-order valence-electron chi connectivity index (χ0n) is 11.8. The van der Waals surface area contributed by atoms with Gasteiger partial charge in [0.05, 0.1) is 5.02 Å². The summed E-state index contributed by atoms with van der Waals surface area (Å²) in [4.78, 5) is 2.07. The van der Waals surface area contributed by atoms with Crippen molar-refractivity contribution in [3.63, 3.8) is 0 Å². The van der Waals surface area contributed by atoms with E-state index in [-0.39, 0.29) is 0 Å². The van der Waals surface area contributed by atoms with Crippen LogP contribution in [0.3, 0.4) is 0 Å². The molecule has 2 rings (SSSR count). The van der Waals surface area contributed by atoms with Crippen molar-refractivity contribution in [2.75, 3.05) is 0 Å². The topological polar surface area (TPSA) is 12.0 Å². The van der Waals surface area contributed by atoms with Crippen LogP contribution in [0.4, 0.5) is 0 Å². The summed E-state index contributed by atoms with van der Waals surface area (Å²) in [6.45, 7) is 5.14. The number of hydrogen-bond donors (Lipinski definition) is 1. The monoisotopic (exact) mass is 403 g/mol. The fourth-order valence-electron chi connectivity index (χ4n) is 1.73. The predicted octanol–water partition coefficient (Wildman–Crippen LogP) is 6.41. The average Bonchev–Trinajstić information content (AvgIpc) is 2.43. The highest BCUT2D eigenvalue weighted by molar-refractivity contribution is 9.10. The van der Waals surface area contributed by atoms with Gasteiger partial charge in [0.1, 0.15) is 0 Å². The molecule has 0 fully saturated rings. The Morgan fingerprint density at radius 2 is 1.86 bits per heavy atom. The van der Waals surface area contributed by atoms with Crippen molar-refractivity contribution in [3.8, 4) is 0 Å². The minimum Gasteiger partial charge on any atom is -0.310 e. The van der Waals surface area contributed by atoms with Crippen LogP contribution in [0, 0.1) is 0 Å². The summed E-state index contributed by atoms with van der Waals surface area (Å²) in [5.74, 6) is 0. The molecule has 1 N–H and O–H groups in total. The quantitative estimate of drug-likeness (QED) is 0.618. The maximum atomic E-state index is 6.21. The van der Waals surface area contributed by atoms with E-state index in [0.717, 1.165) is 20.8 Å². The van der Waals surface area contributed by atoms with Gasteiger partial charge in [-0.15, -0.1) is 0 Å². The Bertz CT molecular complexity index is 632. The molecule has 0 spiro atoms. The van der Waals surface area contributed by atoms with Crippen LogP contribution in [0.25, 0.3) is 0 Å². The van der Waals surface area contributed by atoms with Gasteiger partial charge in [-0.2, -0.15) is 0 Å². The smallest absolute Gasteiger partial charge is 0.0546 e. The largest absolute Gasteiger partial charge is 0.310 e. The van der Waals surface area contributed by atoms with Gasteiger partial charge in [-0.3, -0.25) is 0 Å². The maximum Gasteiger partial charge on any atom is 0.0546 e. The summed E-state index contributed by atoms with van der Waals surface area (Å²) in [6.07, 6.45) is 0. The number of benzene rings is 2. The third-order valence-corrected chi connectivity index (χ3v) is 5.55. The van der Waals surface area contributed by atoms with Crippen molar-refractivity contribution >= 4 is 50.9 Å². The lowest BCUT2D eigenvalue weighted by Crippen LogP contribution is -2.21. The lowest BCUT2D eigenvalue weighted by Gasteiger charge is -2.11.